The maximum Gasteiger partial charge on any atom is 0.0930 e. The fourth-order valence-electron chi connectivity index (χ4n) is 6.01. The van der Waals surface area contributed by atoms with Gasteiger partial charge in [0.15, 0.2) is 0 Å². The smallest absolute Gasteiger partial charge is 0.0930 e. The molecule has 0 saturated heterocycles. The van der Waals surface area contributed by atoms with Crippen molar-refractivity contribution in [3.63, 3.8) is 0 Å². The molecule has 1 aromatic heterocycles. The Morgan fingerprint density at radius 1 is 0.568 bits per heavy atom. The van der Waals surface area contributed by atoms with E-state index in [1.165, 1.54) is 55.9 Å². The lowest BCUT2D eigenvalue weighted by Crippen LogP contribution is -2.45. The number of nitrogens with zero attached hydrogens (tertiary/aromatic N) is 2. The number of fused-ring (bicyclic) bond motifs is 3. The minimum atomic E-state index is -0.103. The van der Waals surface area contributed by atoms with Crippen LogP contribution in [0.15, 0.2) is 97.1 Å². The minimum Gasteiger partial charge on any atom is -0.236 e. The zero-order valence-electron chi connectivity index (χ0n) is 22.6. The molecule has 0 fully saturated rings. The quantitative estimate of drug-likeness (QED) is 0.251. The van der Waals surface area contributed by atoms with Crippen LogP contribution in [0.4, 0.5) is 0 Å². The van der Waals surface area contributed by atoms with Crippen molar-refractivity contribution in [3.05, 3.63) is 119 Å². The standard InChI is InChI=1S/C35H34N2/c1-23-19-28(20-24(2)33(23)26-15-11-8-12-16-26)30-22-32-35(5,6)34(3,4)29-21-27(25-13-9-7-10-14-25)17-18-31(29)37(32)36-30/h7-22H,1-6H3. The van der Waals surface area contributed by atoms with E-state index >= 15 is 0 Å². The van der Waals surface area contributed by atoms with E-state index in [-0.39, 0.29) is 10.8 Å². The maximum atomic E-state index is 5.23. The summed E-state index contributed by atoms with van der Waals surface area (Å²) in [4.78, 5) is 0. The molecule has 0 unspecified atom stereocenters. The van der Waals surface area contributed by atoms with Gasteiger partial charge in [0.2, 0.25) is 0 Å². The van der Waals surface area contributed by atoms with Crippen LogP contribution < -0.4 is 0 Å². The first-order valence-electron chi connectivity index (χ1n) is 13.2. The Morgan fingerprint density at radius 2 is 1.16 bits per heavy atom. The predicted octanol–water partition coefficient (Wildman–Crippen LogP) is 9.06. The Kier molecular flexibility index (Phi) is 5.28. The second kappa shape index (κ2) is 8.31. The largest absolute Gasteiger partial charge is 0.236 e. The third-order valence-electron chi connectivity index (χ3n) is 8.81. The molecule has 2 heteroatoms. The second-order valence-corrected chi connectivity index (χ2v) is 11.5. The van der Waals surface area contributed by atoms with Crippen molar-refractivity contribution in [2.75, 3.05) is 0 Å². The summed E-state index contributed by atoms with van der Waals surface area (Å²) in [5, 5.41) is 5.23. The first kappa shape index (κ1) is 23.5. The molecule has 0 spiro atoms. The van der Waals surface area contributed by atoms with Gasteiger partial charge in [-0.1, -0.05) is 94.4 Å². The molecule has 0 saturated carbocycles. The first-order valence-corrected chi connectivity index (χ1v) is 13.2. The van der Waals surface area contributed by atoms with E-state index in [2.05, 4.69) is 143 Å². The molecule has 2 heterocycles. The number of hydrogen-bond donors (Lipinski definition) is 0. The topological polar surface area (TPSA) is 17.8 Å². The summed E-state index contributed by atoms with van der Waals surface area (Å²) < 4.78 is 2.19. The lowest BCUT2D eigenvalue weighted by molar-refractivity contribution is 0.275. The van der Waals surface area contributed by atoms with Gasteiger partial charge in [0.25, 0.3) is 0 Å². The van der Waals surface area contributed by atoms with E-state index in [1.807, 2.05) is 0 Å². The Balaban J connectivity index is 1.50. The third-order valence-corrected chi connectivity index (χ3v) is 8.81. The van der Waals surface area contributed by atoms with Crippen LogP contribution in [0, 0.1) is 13.8 Å². The summed E-state index contributed by atoms with van der Waals surface area (Å²) in [5.41, 5.74) is 13.4. The summed E-state index contributed by atoms with van der Waals surface area (Å²) in [6.45, 7) is 13.9. The molecule has 0 amide bonds. The predicted molar refractivity (Wildman–Crippen MR) is 155 cm³/mol. The summed E-state index contributed by atoms with van der Waals surface area (Å²) in [5.74, 6) is 0. The summed E-state index contributed by atoms with van der Waals surface area (Å²) in [7, 11) is 0. The van der Waals surface area contributed by atoms with Crippen LogP contribution in [0.2, 0.25) is 0 Å². The minimum absolute atomic E-state index is 0.0660. The van der Waals surface area contributed by atoms with Crippen molar-refractivity contribution >= 4 is 0 Å². The molecule has 2 nitrogen and oxygen atoms in total. The van der Waals surface area contributed by atoms with Gasteiger partial charge in [0.05, 0.1) is 17.1 Å². The average molecular weight is 483 g/mol. The Morgan fingerprint density at radius 3 is 1.78 bits per heavy atom. The average Bonchev–Trinajstić information content (AvgIpc) is 3.35. The molecule has 1 aliphatic rings. The molecule has 6 rings (SSSR count). The number of hydrogen-bond acceptors (Lipinski definition) is 1. The molecule has 0 radical (unpaired) electrons. The van der Waals surface area contributed by atoms with Crippen LogP contribution in [-0.4, -0.2) is 9.78 Å². The Labute approximate surface area is 220 Å². The zero-order valence-corrected chi connectivity index (χ0v) is 22.6. The molecule has 37 heavy (non-hydrogen) atoms. The summed E-state index contributed by atoms with van der Waals surface area (Å²) in [6, 6.07) is 35.1. The van der Waals surface area contributed by atoms with E-state index in [9.17, 15) is 0 Å². The second-order valence-electron chi connectivity index (χ2n) is 11.5. The molecule has 184 valence electrons. The van der Waals surface area contributed by atoms with Crippen molar-refractivity contribution < 1.29 is 0 Å². The van der Waals surface area contributed by atoms with Gasteiger partial charge in [-0.25, -0.2) is 4.68 Å². The van der Waals surface area contributed by atoms with Crippen LogP contribution in [-0.2, 0) is 10.8 Å². The first-order chi connectivity index (χ1) is 17.7. The highest BCUT2D eigenvalue weighted by molar-refractivity contribution is 5.76. The van der Waals surface area contributed by atoms with Gasteiger partial charge in [-0.3, -0.25) is 0 Å². The van der Waals surface area contributed by atoms with Gasteiger partial charge in [-0.2, -0.15) is 5.10 Å². The molecular weight excluding hydrogens is 448 g/mol. The van der Waals surface area contributed by atoms with Crippen molar-refractivity contribution in [1.82, 2.24) is 9.78 Å². The zero-order chi connectivity index (χ0) is 25.9. The molecule has 0 aliphatic carbocycles. The number of benzene rings is 4. The summed E-state index contributed by atoms with van der Waals surface area (Å²) >= 11 is 0. The molecule has 4 aromatic carbocycles. The SMILES string of the molecule is Cc1cc(-c2cc3n(n2)-c2ccc(-c4ccccc4)cc2C(C)(C)C3(C)C)cc(C)c1-c1ccccc1. The Bertz CT molecular complexity index is 1600. The van der Waals surface area contributed by atoms with Crippen molar-refractivity contribution in [3.8, 4) is 39.2 Å². The van der Waals surface area contributed by atoms with E-state index in [4.69, 9.17) is 5.10 Å². The fraction of sp³-hybridized carbons (Fsp3) is 0.229. The van der Waals surface area contributed by atoms with Crippen LogP contribution in [0.1, 0.15) is 50.1 Å². The van der Waals surface area contributed by atoms with Crippen LogP contribution in [0.25, 0.3) is 39.2 Å². The van der Waals surface area contributed by atoms with Crippen molar-refractivity contribution in [1.29, 1.82) is 0 Å². The van der Waals surface area contributed by atoms with E-state index < -0.39 is 0 Å². The van der Waals surface area contributed by atoms with Gasteiger partial charge >= 0.3 is 0 Å². The molecule has 0 bridgehead atoms. The normalized spacial score (nSPS) is 15.2. The Hall–Kier alpha value is -3.91. The number of rotatable bonds is 3. The number of aryl methyl sites for hydroxylation is 2. The van der Waals surface area contributed by atoms with Gasteiger partial charge in [0, 0.05) is 16.4 Å². The van der Waals surface area contributed by atoms with Gasteiger partial charge in [-0.15, -0.1) is 0 Å². The van der Waals surface area contributed by atoms with Crippen LogP contribution in [0.5, 0.6) is 0 Å². The van der Waals surface area contributed by atoms with E-state index in [0.717, 1.165) is 5.69 Å². The van der Waals surface area contributed by atoms with E-state index in [1.54, 1.807) is 0 Å². The number of aromatic nitrogens is 2. The highest BCUT2D eigenvalue weighted by Gasteiger charge is 2.47. The lowest BCUT2D eigenvalue weighted by atomic mass is 9.60. The van der Waals surface area contributed by atoms with Crippen molar-refractivity contribution in [2.45, 2.75) is 52.4 Å². The molecule has 5 aromatic rings. The van der Waals surface area contributed by atoms with Crippen molar-refractivity contribution in [2.24, 2.45) is 0 Å². The lowest BCUT2D eigenvalue weighted by Gasteiger charge is -2.47. The third kappa shape index (κ3) is 3.58. The monoisotopic (exact) mass is 482 g/mol. The molecule has 1 aliphatic heterocycles. The van der Waals surface area contributed by atoms with Crippen LogP contribution in [0.3, 0.4) is 0 Å². The van der Waals surface area contributed by atoms with Gasteiger partial charge < -0.3 is 0 Å². The van der Waals surface area contributed by atoms with E-state index in [0.29, 0.717) is 0 Å². The van der Waals surface area contributed by atoms with Crippen LogP contribution >= 0.6 is 0 Å². The molecular formula is C35H34N2. The molecule has 0 N–H and O–H groups in total. The highest BCUT2D eigenvalue weighted by atomic mass is 15.3. The fourth-order valence-corrected chi connectivity index (χ4v) is 6.01. The van der Waals surface area contributed by atoms with Gasteiger partial charge in [-0.05, 0) is 83.1 Å². The summed E-state index contributed by atoms with van der Waals surface area (Å²) in [6.07, 6.45) is 0. The molecule has 0 atom stereocenters. The maximum absolute atomic E-state index is 5.23. The van der Waals surface area contributed by atoms with Gasteiger partial charge in [0.1, 0.15) is 0 Å². The highest BCUT2D eigenvalue weighted by Crippen LogP contribution is 2.51.